The summed E-state index contributed by atoms with van der Waals surface area (Å²) < 4.78 is 5.99. The van der Waals surface area contributed by atoms with Gasteiger partial charge in [-0.2, -0.15) is 0 Å². The van der Waals surface area contributed by atoms with E-state index in [4.69, 9.17) is 4.74 Å². The highest BCUT2D eigenvalue weighted by molar-refractivity contribution is 7.14. The third kappa shape index (κ3) is 9.91. The molecular formula is C42H46N4O5S. The highest BCUT2D eigenvalue weighted by atomic mass is 32.1. The second-order valence-electron chi connectivity index (χ2n) is 14.0. The van der Waals surface area contributed by atoms with Crippen LogP contribution in [0.2, 0.25) is 0 Å². The Morgan fingerprint density at radius 1 is 0.769 bits per heavy atom. The molecule has 2 aromatic heterocycles. The number of amides is 2. The average molecular weight is 719 g/mol. The number of aromatic nitrogens is 2. The van der Waals surface area contributed by atoms with Gasteiger partial charge < -0.3 is 20.5 Å². The highest BCUT2D eigenvalue weighted by Crippen LogP contribution is 2.30. The fourth-order valence-electron chi connectivity index (χ4n) is 5.61. The van der Waals surface area contributed by atoms with Crippen LogP contribution >= 0.6 is 11.3 Å². The Morgan fingerprint density at radius 2 is 1.33 bits per heavy atom. The van der Waals surface area contributed by atoms with Crippen LogP contribution in [0.1, 0.15) is 74.5 Å². The monoisotopic (exact) mass is 718 g/mol. The zero-order valence-electron chi connectivity index (χ0n) is 30.5. The number of hydrogen-bond donors (Lipinski definition) is 3. The van der Waals surface area contributed by atoms with E-state index >= 15 is 0 Å². The lowest BCUT2D eigenvalue weighted by molar-refractivity contribution is -0.141. The van der Waals surface area contributed by atoms with Crippen molar-refractivity contribution in [3.8, 4) is 39.4 Å². The molecule has 0 aliphatic heterocycles. The molecule has 2 heterocycles. The van der Waals surface area contributed by atoms with Gasteiger partial charge in [0.1, 0.15) is 17.8 Å². The maximum Gasteiger partial charge on any atom is 0.325 e. The third-order valence-corrected chi connectivity index (χ3v) is 10.2. The van der Waals surface area contributed by atoms with Crippen LogP contribution in [0, 0.1) is 0 Å². The van der Waals surface area contributed by atoms with Gasteiger partial charge in [0.25, 0.3) is 5.91 Å². The summed E-state index contributed by atoms with van der Waals surface area (Å²) in [6.07, 6.45) is 6.06. The molecule has 1 unspecified atom stereocenters. The average Bonchev–Trinajstić information content (AvgIpc) is 3.64. The summed E-state index contributed by atoms with van der Waals surface area (Å²) in [6, 6.07) is 25.4. The van der Waals surface area contributed by atoms with Crippen molar-refractivity contribution in [3.05, 3.63) is 113 Å². The minimum atomic E-state index is -1.16. The fraction of sp³-hybridized carbons (Fsp3) is 0.310. The van der Waals surface area contributed by atoms with E-state index in [2.05, 4.69) is 91.6 Å². The van der Waals surface area contributed by atoms with Gasteiger partial charge in [0, 0.05) is 34.8 Å². The van der Waals surface area contributed by atoms with Gasteiger partial charge in [0.2, 0.25) is 5.91 Å². The van der Waals surface area contributed by atoms with Crippen LogP contribution in [0.15, 0.2) is 97.3 Å². The predicted molar refractivity (Wildman–Crippen MR) is 207 cm³/mol. The molecule has 3 atom stereocenters. The molecule has 0 radical (unpaired) electrons. The lowest BCUT2D eigenvalue weighted by Gasteiger charge is -2.20. The van der Waals surface area contributed by atoms with E-state index in [9.17, 15) is 19.5 Å². The lowest BCUT2D eigenvalue weighted by Crippen LogP contribution is -2.51. The summed E-state index contributed by atoms with van der Waals surface area (Å²) in [7, 11) is 0. The van der Waals surface area contributed by atoms with Crippen molar-refractivity contribution in [1.82, 2.24) is 20.6 Å². The molecule has 52 heavy (non-hydrogen) atoms. The van der Waals surface area contributed by atoms with E-state index in [-0.39, 0.29) is 23.8 Å². The van der Waals surface area contributed by atoms with Crippen molar-refractivity contribution in [2.75, 3.05) is 0 Å². The van der Waals surface area contributed by atoms with Gasteiger partial charge in [-0.25, -0.2) is 9.97 Å². The second-order valence-corrected chi connectivity index (χ2v) is 15.1. The molecule has 2 amide bonds. The topological polar surface area (TPSA) is 131 Å². The predicted octanol–water partition coefficient (Wildman–Crippen LogP) is 8.33. The number of ether oxygens (including phenoxy) is 1. The number of carbonyl (C=O) groups excluding carboxylic acids is 2. The first-order chi connectivity index (χ1) is 24.8. The Hall–Kier alpha value is -5.35. The Kier molecular flexibility index (Phi) is 12.2. The lowest BCUT2D eigenvalue weighted by atomic mass is 9.95. The molecular weight excluding hydrogens is 673 g/mol. The Labute approximate surface area is 309 Å². The van der Waals surface area contributed by atoms with Crippen LogP contribution < -0.4 is 15.4 Å². The summed E-state index contributed by atoms with van der Waals surface area (Å²) in [5.74, 6) is -0.705. The molecule has 3 aromatic carbocycles. The smallest absolute Gasteiger partial charge is 0.325 e. The number of rotatable bonds is 14. The summed E-state index contributed by atoms with van der Waals surface area (Å²) in [5, 5.41) is 14.6. The number of carboxylic acid groups (broad SMARTS) is 1. The van der Waals surface area contributed by atoms with E-state index in [1.807, 2.05) is 42.5 Å². The Bertz CT molecular complexity index is 1970. The van der Waals surface area contributed by atoms with Crippen LogP contribution in [-0.4, -0.2) is 51.0 Å². The summed E-state index contributed by atoms with van der Waals surface area (Å²) in [5.41, 5.74) is 5.55. The first-order valence-electron chi connectivity index (χ1n) is 17.5. The number of carbonyl (C=O) groups is 3. The molecule has 5 aromatic rings. The number of hydrogen-bond acceptors (Lipinski definition) is 7. The number of benzene rings is 3. The van der Waals surface area contributed by atoms with Gasteiger partial charge in [-0.3, -0.25) is 14.4 Å². The molecule has 5 rings (SSSR count). The van der Waals surface area contributed by atoms with Gasteiger partial charge in [0.05, 0.1) is 11.0 Å². The number of nitrogens with one attached hydrogen (secondary N) is 2. The molecule has 0 fully saturated rings. The molecule has 0 aliphatic carbocycles. The molecule has 0 saturated heterocycles. The van der Waals surface area contributed by atoms with Crippen LogP contribution in [0.5, 0.6) is 5.75 Å². The van der Waals surface area contributed by atoms with Crippen molar-refractivity contribution in [3.63, 3.8) is 0 Å². The quantitative estimate of drug-likeness (QED) is 0.105. The van der Waals surface area contributed by atoms with Crippen molar-refractivity contribution in [1.29, 1.82) is 0 Å². The molecule has 3 N–H and O–H groups in total. The number of thiophene rings is 1. The zero-order chi connectivity index (χ0) is 37.4. The van der Waals surface area contributed by atoms with Gasteiger partial charge in [-0.05, 0) is 72.2 Å². The van der Waals surface area contributed by atoms with Crippen LogP contribution in [0.4, 0.5) is 0 Å². The van der Waals surface area contributed by atoms with E-state index in [0.29, 0.717) is 10.7 Å². The normalized spacial score (nSPS) is 13.1. The minimum Gasteiger partial charge on any atom is -0.491 e. The standard InChI is InChI=1S/C42H46N4O5S/c1-7-8-26(2)51-34-19-17-30(18-20-34)29-13-15-31(16-14-29)33-24-43-38(44-25-33)32-11-9-28(10-12-32)23-35(39(47)45-27(3)41(49)50)46-40(48)36-21-22-37(52-36)42(4,5)6/h9-22,24-27,35H,7-8,23H2,1-6H3,(H,45,47)(H,46,48)(H,49,50)/t26?,27-,35+/m1/s1. The first-order valence-corrected chi connectivity index (χ1v) is 18.4. The van der Waals surface area contributed by atoms with Crippen molar-refractivity contribution in [2.24, 2.45) is 0 Å². The largest absolute Gasteiger partial charge is 0.491 e. The summed E-state index contributed by atoms with van der Waals surface area (Å²) in [6.45, 7) is 11.8. The van der Waals surface area contributed by atoms with Crippen LogP contribution in [0.25, 0.3) is 33.6 Å². The molecule has 0 spiro atoms. The minimum absolute atomic E-state index is 0.120. The SMILES string of the molecule is CCCC(C)Oc1ccc(-c2ccc(-c3cnc(-c4ccc(C[C@H](NC(=O)c5ccc(C(C)(C)C)s5)C(=O)N[C@H](C)C(=O)O)cc4)nc3)cc2)cc1. The number of carboxylic acids is 1. The summed E-state index contributed by atoms with van der Waals surface area (Å²) in [4.78, 5) is 48.6. The highest BCUT2D eigenvalue weighted by Gasteiger charge is 2.26. The van der Waals surface area contributed by atoms with Gasteiger partial charge in [0.15, 0.2) is 5.82 Å². The van der Waals surface area contributed by atoms with Gasteiger partial charge in [-0.15, -0.1) is 11.3 Å². The molecule has 0 saturated carbocycles. The molecule has 9 nitrogen and oxygen atoms in total. The van der Waals surface area contributed by atoms with Gasteiger partial charge in [-0.1, -0.05) is 94.8 Å². The summed E-state index contributed by atoms with van der Waals surface area (Å²) >= 11 is 1.37. The van der Waals surface area contributed by atoms with E-state index in [0.717, 1.165) is 56.8 Å². The molecule has 270 valence electrons. The van der Waals surface area contributed by atoms with E-state index < -0.39 is 24.0 Å². The van der Waals surface area contributed by atoms with Crippen molar-refractivity contribution < 1.29 is 24.2 Å². The second kappa shape index (κ2) is 16.8. The Balaban J connectivity index is 1.24. The number of aliphatic carboxylic acids is 1. The maximum atomic E-state index is 13.2. The van der Waals surface area contributed by atoms with Crippen LogP contribution in [0.3, 0.4) is 0 Å². The van der Waals surface area contributed by atoms with Crippen LogP contribution in [-0.2, 0) is 21.4 Å². The fourth-order valence-corrected chi connectivity index (χ4v) is 6.57. The Morgan fingerprint density at radius 3 is 1.87 bits per heavy atom. The molecule has 0 aliphatic rings. The number of nitrogens with zero attached hydrogens (tertiary/aromatic N) is 2. The van der Waals surface area contributed by atoms with Gasteiger partial charge >= 0.3 is 5.97 Å². The molecule has 0 bridgehead atoms. The van der Waals surface area contributed by atoms with E-state index in [1.54, 1.807) is 18.5 Å². The first kappa shape index (κ1) is 37.9. The molecule has 10 heteroatoms. The van der Waals surface area contributed by atoms with Crippen molar-refractivity contribution >= 4 is 29.1 Å². The zero-order valence-corrected chi connectivity index (χ0v) is 31.3. The van der Waals surface area contributed by atoms with Crippen molar-refractivity contribution in [2.45, 2.75) is 84.4 Å². The van der Waals surface area contributed by atoms with E-state index in [1.165, 1.54) is 18.3 Å². The third-order valence-electron chi connectivity index (χ3n) is 8.66. The maximum absolute atomic E-state index is 13.2.